The van der Waals surface area contributed by atoms with Crippen molar-refractivity contribution < 1.29 is 0 Å². The molecular weight excluding hydrogens is 553 g/mol. The molecule has 2 nitrogen and oxygen atoms in total. The first-order chi connectivity index (χ1) is 21.6. The minimum absolute atomic E-state index is 0.198. The molecule has 0 radical (unpaired) electrons. The molecule has 2 aliphatic rings. The topological polar surface area (TPSA) is 25.8 Å². The molecule has 44 heavy (non-hydrogen) atoms. The van der Waals surface area contributed by atoms with Gasteiger partial charge in [-0.3, -0.25) is 9.97 Å². The average Bonchev–Trinajstić information content (AvgIpc) is 3.44. The van der Waals surface area contributed by atoms with Crippen LogP contribution in [0.2, 0.25) is 0 Å². The highest BCUT2D eigenvalue weighted by atomic mass is 32.1. The standard InChI is InChI=1S/C41H30N2S/c1-41(2)34-17-15-27(38-29-11-5-3-9-25(29)19-21-42-38)23-32(34)37-31-13-7-8-14-36(31)44-40(37)33-24-28(16-18-35(33)41)39-30-12-6-4-10-26(30)20-22-43-39/h3-6,8-12,14-24H,7,13H2,1-2H3. The Labute approximate surface area is 261 Å². The number of fused-ring (bicyclic) bond motifs is 9. The van der Waals surface area contributed by atoms with Crippen LogP contribution >= 0.6 is 11.3 Å². The molecule has 0 aliphatic heterocycles. The highest BCUT2D eigenvalue weighted by Crippen LogP contribution is 2.55. The third-order valence-electron chi connectivity index (χ3n) is 9.66. The van der Waals surface area contributed by atoms with E-state index in [1.807, 2.05) is 23.7 Å². The molecule has 0 saturated heterocycles. The van der Waals surface area contributed by atoms with Gasteiger partial charge in [0.05, 0.1) is 11.4 Å². The molecule has 3 aromatic heterocycles. The third kappa shape index (κ3) is 3.72. The number of hydrogen-bond acceptors (Lipinski definition) is 3. The molecule has 3 heteroatoms. The lowest BCUT2D eigenvalue weighted by atomic mass is 9.74. The van der Waals surface area contributed by atoms with Crippen molar-refractivity contribution in [2.45, 2.75) is 32.1 Å². The van der Waals surface area contributed by atoms with Crippen LogP contribution in [0.5, 0.6) is 0 Å². The largest absolute Gasteiger partial charge is 0.256 e. The second-order valence-corrected chi connectivity index (χ2v) is 13.5. The Balaban J connectivity index is 1.33. The summed E-state index contributed by atoms with van der Waals surface area (Å²) in [6, 6.07) is 35.5. The van der Waals surface area contributed by atoms with E-state index < -0.39 is 0 Å². The number of aromatic nitrogens is 2. The van der Waals surface area contributed by atoms with Gasteiger partial charge in [-0.05, 0) is 81.8 Å². The summed E-state index contributed by atoms with van der Waals surface area (Å²) < 4.78 is 0. The van der Waals surface area contributed by atoms with Crippen molar-refractivity contribution in [3.05, 3.63) is 137 Å². The van der Waals surface area contributed by atoms with E-state index in [1.165, 1.54) is 70.2 Å². The molecule has 3 heterocycles. The van der Waals surface area contributed by atoms with Gasteiger partial charge in [0.1, 0.15) is 0 Å². The second-order valence-electron chi connectivity index (χ2n) is 12.5. The van der Waals surface area contributed by atoms with Gasteiger partial charge >= 0.3 is 0 Å². The summed E-state index contributed by atoms with van der Waals surface area (Å²) in [5, 5.41) is 4.81. The van der Waals surface area contributed by atoms with E-state index in [4.69, 9.17) is 9.97 Å². The second kappa shape index (κ2) is 9.57. The lowest BCUT2D eigenvalue weighted by molar-refractivity contribution is 0.646. The van der Waals surface area contributed by atoms with Crippen LogP contribution in [0.25, 0.3) is 71.7 Å². The SMILES string of the molecule is CC1(C)c2ccc(-c3nccc4ccccc34)cc2-c2sc3c(c2-c2cc(-c4nccc5ccccc45)ccc21)CCC=C3. The van der Waals surface area contributed by atoms with Crippen LogP contribution in [0.1, 0.15) is 41.8 Å². The summed E-state index contributed by atoms with van der Waals surface area (Å²) in [6.07, 6.45) is 10.7. The van der Waals surface area contributed by atoms with E-state index in [0.717, 1.165) is 29.8 Å². The van der Waals surface area contributed by atoms with Crippen LogP contribution in [0, 0.1) is 0 Å². The van der Waals surface area contributed by atoms with E-state index in [0.29, 0.717) is 0 Å². The van der Waals surface area contributed by atoms with Crippen molar-refractivity contribution >= 4 is 39.0 Å². The van der Waals surface area contributed by atoms with Crippen molar-refractivity contribution in [1.29, 1.82) is 0 Å². The van der Waals surface area contributed by atoms with Gasteiger partial charge in [-0.25, -0.2) is 0 Å². The van der Waals surface area contributed by atoms with E-state index >= 15 is 0 Å². The monoisotopic (exact) mass is 582 g/mol. The number of allylic oxidation sites excluding steroid dienone is 1. The molecular formula is C41H30N2S. The van der Waals surface area contributed by atoms with Crippen molar-refractivity contribution in [3.8, 4) is 44.1 Å². The Morgan fingerprint density at radius 2 is 1.25 bits per heavy atom. The third-order valence-corrected chi connectivity index (χ3v) is 10.9. The van der Waals surface area contributed by atoms with Gasteiger partial charge in [0.25, 0.3) is 0 Å². The zero-order valence-electron chi connectivity index (χ0n) is 24.8. The lowest BCUT2D eigenvalue weighted by Gasteiger charge is -2.29. The summed E-state index contributed by atoms with van der Waals surface area (Å²) >= 11 is 1.95. The zero-order valence-corrected chi connectivity index (χ0v) is 25.6. The minimum Gasteiger partial charge on any atom is -0.256 e. The maximum atomic E-state index is 4.91. The van der Waals surface area contributed by atoms with Gasteiger partial charge in [-0.15, -0.1) is 11.3 Å². The number of nitrogens with zero attached hydrogens (tertiary/aromatic N) is 2. The number of benzene rings is 4. The fourth-order valence-corrected chi connectivity index (χ4v) is 8.80. The van der Waals surface area contributed by atoms with Gasteiger partial charge in [0, 0.05) is 55.0 Å². The summed E-state index contributed by atoms with van der Waals surface area (Å²) in [5.41, 5.74) is 12.5. The Bertz CT molecular complexity index is 2310. The number of thiophene rings is 1. The van der Waals surface area contributed by atoms with Gasteiger partial charge < -0.3 is 0 Å². The van der Waals surface area contributed by atoms with Crippen molar-refractivity contribution in [2.24, 2.45) is 0 Å². The molecule has 7 aromatic rings. The molecule has 0 saturated carbocycles. The summed E-state index contributed by atoms with van der Waals surface area (Å²) in [6.45, 7) is 4.78. The lowest BCUT2D eigenvalue weighted by Crippen LogP contribution is -2.20. The van der Waals surface area contributed by atoms with Gasteiger partial charge in [-0.2, -0.15) is 0 Å². The molecule has 0 bridgehead atoms. The predicted molar refractivity (Wildman–Crippen MR) is 186 cm³/mol. The number of hydrogen-bond donors (Lipinski definition) is 0. The van der Waals surface area contributed by atoms with Gasteiger partial charge in [0.15, 0.2) is 0 Å². The zero-order chi connectivity index (χ0) is 29.4. The first-order valence-corrected chi connectivity index (χ1v) is 16.2. The fraction of sp³-hybridized carbons (Fsp3) is 0.122. The van der Waals surface area contributed by atoms with Gasteiger partial charge in [0.2, 0.25) is 0 Å². The number of pyridine rings is 2. The first kappa shape index (κ1) is 25.6. The maximum Gasteiger partial charge on any atom is 0.0780 e. The molecule has 0 spiro atoms. The molecule has 4 aromatic carbocycles. The summed E-state index contributed by atoms with van der Waals surface area (Å²) in [7, 11) is 0. The molecule has 0 atom stereocenters. The molecule has 0 amide bonds. The van der Waals surface area contributed by atoms with E-state index in [9.17, 15) is 0 Å². The van der Waals surface area contributed by atoms with Crippen molar-refractivity contribution in [1.82, 2.24) is 9.97 Å². The molecule has 2 aliphatic carbocycles. The van der Waals surface area contributed by atoms with Crippen LogP contribution < -0.4 is 0 Å². The van der Waals surface area contributed by atoms with Crippen LogP contribution in [0.15, 0.2) is 116 Å². The highest BCUT2D eigenvalue weighted by Gasteiger charge is 2.36. The molecule has 0 N–H and O–H groups in total. The minimum atomic E-state index is -0.198. The van der Waals surface area contributed by atoms with Gasteiger partial charge in [-0.1, -0.05) is 92.7 Å². The van der Waals surface area contributed by atoms with Crippen LogP contribution in [0.4, 0.5) is 0 Å². The van der Waals surface area contributed by atoms with E-state index in [2.05, 4.69) is 123 Å². The summed E-state index contributed by atoms with van der Waals surface area (Å²) in [4.78, 5) is 12.6. The summed E-state index contributed by atoms with van der Waals surface area (Å²) in [5.74, 6) is 0. The van der Waals surface area contributed by atoms with Crippen molar-refractivity contribution in [3.63, 3.8) is 0 Å². The fourth-order valence-electron chi connectivity index (χ4n) is 7.47. The van der Waals surface area contributed by atoms with Crippen molar-refractivity contribution in [2.75, 3.05) is 0 Å². The normalized spacial score (nSPS) is 14.5. The van der Waals surface area contributed by atoms with E-state index in [-0.39, 0.29) is 5.41 Å². The van der Waals surface area contributed by atoms with Crippen LogP contribution in [-0.4, -0.2) is 9.97 Å². The molecule has 210 valence electrons. The van der Waals surface area contributed by atoms with Crippen LogP contribution in [0.3, 0.4) is 0 Å². The molecule has 0 unspecified atom stereocenters. The predicted octanol–water partition coefficient (Wildman–Crippen LogP) is 11.1. The van der Waals surface area contributed by atoms with Crippen LogP contribution in [-0.2, 0) is 11.8 Å². The molecule has 9 rings (SSSR count). The number of rotatable bonds is 2. The molecule has 0 fully saturated rings. The maximum absolute atomic E-state index is 4.91. The smallest absolute Gasteiger partial charge is 0.0780 e. The Morgan fingerprint density at radius 1 is 0.659 bits per heavy atom. The first-order valence-electron chi connectivity index (χ1n) is 15.4. The van der Waals surface area contributed by atoms with E-state index in [1.54, 1.807) is 0 Å². The highest BCUT2D eigenvalue weighted by molar-refractivity contribution is 7.17. The quantitative estimate of drug-likeness (QED) is 0.203. The average molecular weight is 583 g/mol. The Hall–Kier alpha value is -4.86. The Kier molecular flexibility index (Phi) is 5.57. The Morgan fingerprint density at radius 3 is 1.91 bits per heavy atom.